The fourth-order valence-electron chi connectivity index (χ4n) is 7.51. The minimum atomic E-state index is -1.49. The van der Waals surface area contributed by atoms with Crippen molar-refractivity contribution in [2.24, 2.45) is 17.3 Å². The molecule has 0 spiro atoms. The van der Waals surface area contributed by atoms with Gasteiger partial charge < -0.3 is 33.7 Å². The van der Waals surface area contributed by atoms with Crippen LogP contribution in [0.1, 0.15) is 90.9 Å². The number of Topliss-reactive ketones (excluding diaryl/α,β-unsaturated/α-hetero) is 1. The molecular formula is C38H62N2O9. The van der Waals surface area contributed by atoms with E-state index >= 15 is 0 Å². The molecule has 49 heavy (non-hydrogen) atoms. The number of likely N-dealkylation sites (N-methyl/N-ethyl adjacent to an activating group) is 1. The van der Waals surface area contributed by atoms with E-state index in [9.17, 15) is 19.5 Å². The van der Waals surface area contributed by atoms with Crippen LogP contribution in [0, 0.1) is 17.3 Å². The first-order chi connectivity index (χ1) is 23.1. The first kappa shape index (κ1) is 41.0. The number of ether oxygens (including phenoxy) is 5. The van der Waals surface area contributed by atoms with E-state index in [4.69, 9.17) is 23.7 Å². The normalized spacial score (nSPS) is 33.6. The van der Waals surface area contributed by atoms with E-state index in [-0.39, 0.29) is 43.1 Å². The molecule has 0 saturated carbocycles. The second kappa shape index (κ2) is 18.2. The topological polar surface area (TPSA) is 124 Å². The number of carbonyl (C=O) groups is 3. The van der Waals surface area contributed by atoms with Gasteiger partial charge in [0.25, 0.3) is 0 Å². The average molecular weight is 691 g/mol. The standard InChI is InChI=1S/C38H62N2O9/c1-11-19-40-23-25(2)22-38(7,45-10)33(27(4)32(42)37(5,6)36(44)46-24-29(40)18-15-20-41)49-35-31(30(39(8)9)21-26(3)47-35)48-34(43)28-16-13-12-14-17-28/h12-14,16-17,25-27,29-31,33,35,41H,11,15,18-24H2,1-10H3/t25-,26?,27+,29-,30?,31?,33-,35?,38-/m1/s1. The number of hydrogen-bond acceptors (Lipinski definition) is 11. The lowest BCUT2D eigenvalue weighted by Crippen LogP contribution is -2.60. The molecule has 2 aliphatic rings. The Bertz CT molecular complexity index is 1210. The monoisotopic (exact) mass is 690 g/mol. The van der Waals surface area contributed by atoms with Crippen molar-refractivity contribution in [2.75, 3.05) is 47.5 Å². The van der Waals surface area contributed by atoms with Gasteiger partial charge in [-0.25, -0.2) is 4.79 Å². The Kier molecular flexibility index (Phi) is 15.2. The van der Waals surface area contributed by atoms with Gasteiger partial charge in [0.1, 0.15) is 12.0 Å². The molecule has 0 amide bonds. The lowest BCUT2D eigenvalue weighted by molar-refractivity contribution is -0.295. The van der Waals surface area contributed by atoms with Crippen LogP contribution in [0.15, 0.2) is 30.3 Å². The maximum absolute atomic E-state index is 14.4. The van der Waals surface area contributed by atoms with E-state index in [1.165, 1.54) is 0 Å². The highest BCUT2D eigenvalue weighted by Gasteiger charge is 2.52. The van der Waals surface area contributed by atoms with E-state index in [1.807, 2.05) is 38.9 Å². The molecule has 278 valence electrons. The predicted octanol–water partition coefficient (Wildman–Crippen LogP) is 4.73. The first-order valence-electron chi connectivity index (χ1n) is 17.9. The van der Waals surface area contributed by atoms with Crippen molar-refractivity contribution in [3.63, 3.8) is 0 Å². The number of rotatable bonds is 11. The fourth-order valence-corrected chi connectivity index (χ4v) is 7.51. The lowest BCUT2D eigenvalue weighted by Gasteiger charge is -2.48. The van der Waals surface area contributed by atoms with Crippen molar-refractivity contribution < 1.29 is 43.2 Å². The van der Waals surface area contributed by atoms with Crippen LogP contribution in [0.4, 0.5) is 0 Å². The van der Waals surface area contributed by atoms with Gasteiger partial charge in [-0.15, -0.1) is 0 Å². The van der Waals surface area contributed by atoms with Gasteiger partial charge in [0.2, 0.25) is 0 Å². The summed E-state index contributed by atoms with van der Waals surface area (Å²) in [6.07, 6.45) is 0.283. The first-order valence-corrected chi connectivity index (χ1v) is 17.9. The molecule has 3 rings (SSSR count). The Labute approximate surface area is 293 Å². The Morgan fingerprint density at radius 2 is 1.78 bits per heavy atom. The highest BCUT2D eigenvalue weighted by atomic mass is 16.7. The Morgan fingerprint density at radius 1 is 1.10 bits per heavy atom. The maximum atomic E-state index is 14.4. The Hall–Kier alpha value is -2.41. The molecule has 2 saturated heterocycles. The summed E-state index contributed by atoms with van der Waals surface area (Å²) in [5.41, 5.74) is -2.08. The number of hydrogen-bond donors (Lipinski definition) is 1. The molecule has 1 N–H and O–H groups in total. The van der Waals surface area contributed by atoms with Crippen molar-refractivity contribution in [1.82, 2.24) is 9.80 Å². The van der Waals surface area contributed by atoms with Crippen LogP contribution in [0.3, 0.4) is 0 Å². The summed E-state index contributed by atoms with van der Waals surface area (Å²) in [7, 11) is 5.48. The second-order valence-electron chi connectivity index (χ2n) is 15.1. The van der Waals surface area contributed by atoms with E-state index in [2.05, 4.69) is 18.7 Å². The molecule has 2 fully saturated rings. The minimum Gasteiger partial charge on any atom is -0.463 e. The second-order valence-corrected chi connectivity index (χ2v) is 15.1. The van der Waals surface area contributed by atoms with Crippen LogP contribution >= 0.6 is 0 Å². The number of nitrogens with zero attached hydrogens (tertiary/aromatic N) is 2. The molecular weight excluding hydrogens is 628 g/mol. The van der Waals surface area contributed by atoms with E-state index in [0.717, 1.165) is 13.0 Å². The zero-order valence-electron chi connectivity index (χ0n) is 31.5. The smallest absolute Gasteiger partial charge is 0.338 e. The van der Waals surface area contributed by atoms with Gasteiger partial charge in [-0.05, 0) is 98.5 Å². The van der Waals surface area contributed by atoms with Crippen LogP contribution < -0.4 is 0 Å². The number of aliphatic hydroxyl groups is 1. The SMILES string of the molecule is CCCN1C[C@H](C)C[C@@](C)(OC)[C@H](OC2OC(C)CC(N(C)C)C2OC(=O)c2ccccc2)[C@@H](C)C(=O)C(C)(C)C(=O)OC[C@H]1CCCO. The molecule has 9 atom stereocenters. The zero-order chi connectivity index (χ0) is 36.5. The van der Waals surface area contributed by atoms with Crippen molar-refractivity contribution in [3.8, 4) is 0 Å². The van der Waals surface area contributed by atoms with Crippen LogP contribution in [0.2, 0.25) is 0 Å². The fraction of sp³-hybridized carbons (Fsp3) is 0.763. The number of aliphatic hydroxyl groups excluding tert-OH is 1. The van der Waals surface area contributed by atoms with Crippen molar-refractivity contribution >= 4 is 17.7 Å². The van der Waals surface area contributed by atoms with E-state index in [0.29, 0.717) is 37.8 Å². The largest absolute Gasteiger partial charge is 0.463 e. The molecule has 11 nitrogen and oxygen atoms in total. The van der Waals surface area contributed by atoms with Crippen molar-refractivity contribution in [3.05, 3.63) is 35.9 Å². The molecule has 0 bridgehead atoms. The highest BCUT2D eigenvalue weighted by molar-refractivity contribution is 6.04. The van der Waals surface area contributed by atoms with Crippen molar-refractivity contribution in [1.29, 1.82) is 0 Å². The van der Waals surface area contributed by atoms with Gasteiger partial charge >= 0.3 is 11.9 Å². The highest BCUT2D eigenvalue weighted by Crippen LogP contribution is 2.39. The Morgan fingerprint density at radius 3 is 2.37 bits per heavy atom. The summed E-state index contributed by atoms with van der Waals surface area (Å²) in [5, 5.41) is 9.62. The molecule has 2 heterocycles. The quantitative estimate of drug-likeness (QED) is 0.256. The molecule has 1 aromatic rings. The number of cyclic esters (lactones) is 1. The molecule has 0 radical (unpaired) electrons. The van der Waals surface area contributed by atoms with Crippen LogP contribution in [0.5, 0.6) is 0 Å². The lowest BCUT2D eigenvalue weighted by atomic mass is 9.74. The third-order valence-corrected chi connectivity index (χ3v) is 10.3. The Balaban J connectivity index is 2.09. The van der Waals surface area contributed by atoms with Crippen LogP contribution in [-0.4, -0.2) is 122 Å². The number of benzene rings is 1. The molecule has 1 aromatic carbocycles. The maximum Gasteiger partial charge on any atom is 0.338 e. The summed E-state index contributed by atoms with van der Waals surface area (Å²) in [6, 6.07) is 8.45. The number of methoxy groups -OCH3 is 1. The molecule has 11 heteroatoms. The summed E-state index contributed by atoms with van der Waals surface area (Å²) in [6.45, 7) is 14.7. The summed E-state index contributed by atoms with van der Waals surface area (Å²) >= 11 is 0. The number of esters is 2. The molecule has 2 aliphatic heterocycles. The summed E-state index contributed by atoms with van der Waals surface area (Å²) in [4.78, 5) is 45.8. The predicted molar refractivity (Wildman–Crippen MR) is 187 cm³/mol. The van der Waals surface area contributed by atoms with E-state index in [1.54, 1.807) is 52.1 Å². The van der Waals surface area contributed by atoms with E-state index < -0.39 is 47.4 Å². The van der Waals surface area contributed by atoms with Crippen molar-refractivity contribution in [2.45, 2.75) is 123 Å². The van der Waals surface area contributed by atoms with Gasteiger partial charge in [0.05, 0.1) is 29.4 Å². The summed E-state index contributed by atoms with van der Waals surface area (Å²) in [5.74, 6) is -2.20. The molecule has 0 aromatic heterocycles. The zero-order valence-corrected chi connectivity index (χ0v) is 31.5. The van der Waals surface area contributed by atoms with Crippen LogP contribution in [-0.2, 0) is 33.3 Å². The van der Waals surface area contributed by atoms with Gasteiger partial charge in [0.15, 0.2) is 18.2 Å². The summed E-state index contributed by atoms with van der Waals surface area (Å²) < 4.78 is 31.7. The van der Waals surface area contributed by atoms with Gasteiger partial charge in [-0.2, -0.15) is 0 Å². The van der Waals surface area contributed by atoms with Crippen LogP contribution in [0.25, 0.3) is 0 Å². The molecule has 4 unspecified atom stereocenters. The van der Waals surface area contributed by atoms with Gasteiger partial charge in [-0.1, -0.05) is 39.0 Å². The average Bonchev–Trinajstić information content (AvgIpc) is 3.06. The number of ketones is 1. The third-order valence-electron chi connectivity index (χ3n) is 10.3. The van der Waals surface area contributed by atoms with Gasteiger partial charge in [0, 0.05) is 32.2 Å². The third kappa shape index (κ3) is 10.3. The van der Waals surface area contributed by atoms with Gasteiger partial charge in [-0.3, -0.25) is 14.5 Å². The number of carbonyl (C=O) groups excluding carboxylic acids is 3. The molecule has 0 aliphatic carbocycles. The minimum absolute atomic E-state index is 0.0421.